The third kappa shape index (κ3) is 3.16. The molecule has 1 amide bonds. The summed E-state index contributed by atoms with van der Waals surface area (Å²) in [4.78, 5) is 22.7. The molecule has 0 aliphatic heterocycles. The quantitative estimate of drug-likeness (QED) is 0.834. The molecule has 2 aromatic rings. The van der Waals surface area contributed by atoms with Crippen molar-refractivity contribution in [1.82, 2.24) is 9.97 Å². The molecule has 4 rings (SSSR count). The number of aryl methyl sites for hydroxylation is 3. The maximum Gasteiger partial charge on any atom is 0.236 e. The smallest absolute Gasteiger partial charge is 0.236 e. The highest BCUT2D eigenvalue weighted by molar-refractivity contribution is 8.00. The molecule has 0 spiro atoms. The van der Waals surface area contributed by atoms with Crippen LogP contribution >= 0.6 is 23.1 Å². The topological polar surface area (TPSA) is 78.7 Å². The number of aromatic nitrogens is 2. The van der Waals surface area contributed by atoms with Crippen LogP contribution in [-0.4, -0.2) is 21.6 Å². The van der Waals surface area contributed by atoms with Crippen LogP contribution < -0.4 is 5.32 Å². The number of rotatable bonds is 4. The normalized spacial score (nSPS) is 14.9. The number of nitrogens with one attached hydrogen (secondary N) is 1. The first-order valence-corrected chi connectivity index (χ1v) is 10.3. The number of hydrogen-bond donors (Lipinski definition) is 1. The zero-order chi connectivity index (χ0) is 17.4. The van der Waals surface area contributed by atoms with Gasteiger partial charge < -0.3 is 5.32 Å². The molecule has 0 saturated heterocycles. The van der Waals surface area contributed by atoms with Crippen LogP contribution in [0.1, 0.15) is 45.8 Å². The number of nitrogens with zero attached hydrogens (tertiary/aromatic N) is 3. The Kier molecular flexibility index (Phi) is 4.48. The van der Waals surface area contributed by atoms with Crippen LogP contribution in [0.15, 0.2) is 5.03 Å². The van der Waals surface area contributed by atoms with Gasteiger partial charge in [0.1, 0.15) is 11.1 Å². The van der Waals surface area contributed by atoms with E-state index in [-0.39, 0.29) is 11.7 Å². The van der Waals surface area contributed by atoms with Crippen molar-refractivity contribution in [2.45, 2.75) is 50.5 Å². The van der Waals surface area contributed by atoms with Crippen molar-refractivity contribution in [3.8, 4) is 6.07 Å². The van der Waals surface area contributed by atoms with Gasteiger partial charge in [0, 0.05) is 10.6 Å². The molecule has 0 fully saturated rings. The Hall–Kier alpha value is -1.91. The van der Waals surface area contributed by atoms with Crippen LogP contribution in [0.5, 0.6) is 0 Å². The monoisotopic (exact) mass is 370 g/mol. The summed E-state index contributed by atoms with van der Waals surface area (Å²) in [5.74, 6) is 0.144. The van der Waals surface area contributed by atoms with Crippen LogP contribution in [0.25, 0.3) is 0 Å². The second kappa shape index (κ2) is 6.77. The Labute approximate surface area is 154 Å². The summed E-state index contributed by atoms with van der Waals surface area (Å²) >= 11 is 2.92. The predicted octanol–water partition coefficient (Wildman–Crippen LogP) is 3.43. The second-order valence-corrected chi connectivity index (χ2v) is 8.43. The molecule has 2 aromatic heterocycles. The zero-order valence-electron chi connectivity index (χ0n) is 14.0. The molecule has 0 saturated carbocycles. The molecule has 25 heavy (non-hydrogen) atoms. The summed E-state index contributed by atoms with van der Waals surface area (Å²) < 4.78 is 0. The standard InChI is InChI=1S/C18H18N4OS2/c1-10-11-4-2-5-13(11)20-17(12(10)8-19)24-9-16(23)22-18-21-14-6-3-7-15(14)25-18/h2-7,9H2,1H3,(H,21,22,23). The fourth-order valence-electron chi connectivity index (χ4n) is 3.51. The Morgan fingerprint density at radius 2 is 2.04 bits per heavy atom. The van der Waals surface area contributed by atoms with E-state index in [1.807, 2.05) is 6.92 Å². The van der Waals surface area contributed by atoms with Crippen molar-refractivity contribution >= 4 is 34.1 Å². The molecule has 0 aromatic carbocycles. The van der Waals surface area contributed by atoms with E-state index >= 15 is 0 Å². The van der Waals surface area contributed by atoms with E-state index in [4.69, 9.17) is 0 Å². The van der Waals surface area contributed by atoms with Gasteiger partial charge in [-0.3, -0.25) is 4.79 Å². The molecule has 7 heteroatoms. The van der Waals surface area contributed by atoms with Gasteiger partial charge in [-0.25, -0.2) is 9.97 Å². The summed E-state index contributed by atoms with van der Waals surface area (Å²) in [7, 11) is 0. The highest BCUT2D eigenvalue weighted by Gasteiger charge is 2.22. The van der Waals surface area contributed by atoms with Gasteiger partial charge in [-0.15, -0.1) is 11.3 Å². The first kappa shape index (κ1) is 16.6. The van der Waals surface area contributed by atoms with Crippen molar-refractivity contribution < 1.29 is 4.79 Å². The SMILES string of the molecule is Cc1c(C#N)c(SCC(=O)Nc2nc3c(s2)CCC3)nc2c1CCC2. The van der Waals surface area contributed by atoms with Gasteiger partial charge in [-0.05, 0) is 56.6 Å². The van der Waals surface area contributed by atoms with Gasteiger partial charge in [0.05, 0.1) is 17.0 Å². The van der Waals surface area contributed by atoms with E-state index in [2.05, 4.69) is 21.4 Å². The van der Waals surface area contributed by atoms with Gasteiger partial charge in [0.2, 0.25) is 5.91 Å². The molecule has 0 unspecified atom stereocenters. The maximum atomic E-state index is 12.3. The Morgan fingerprint density at radius 3 is 2.84 bits per heavy atom. The molecule has 2 heterocycles. The molecule has 128 valence electrons. The predicted molar refractivity (Wildman–Crippen MR) is 99.2 cm³/mol. The first-order valence-electron chi connectivity index (χ1n) is 8.49. The first-order chi connectivity index (χ1) is 12.2. The molecule has 0 radical (unpaired) electrons. The minimum atomic E-state index is -0.0961. The molecular weight excluding hydrogens is 352 g/mol. The fourth-order valence-corrected chi connectivity index (χ4v) is 5.44. The number of fused-ring (bicyclic) bond motifs is 2. The third-order valence-electron chi connectivity index (χ3n) is 4.76. The zero-order valence-corrected chi connectivity index (χ0v) is 15.6. The Bertz CT molecular complexity index is 876. The third-order valence-corrected chi connectivity index (χ3v) is 6.81. The lowest BCUT2D eigenvalue weighted by Gasteiger charge is -2.10. The lowest BCUT2D eigenvalue weighted by atomic mass is 10.0. The molecule has 5 nitrogen and oxygen atoms in total. The van der Waals surface area contributed by atoms with Gasteiger partial charge in [-0.1, -0.05) is 11.8 Å². The largest absolute Gasteiger partial charge is 0.301 e. The number of anilines is 1. The van der Waals surface area contributed by atoms with E-state index in [0.29, 0.717) is 15.7 Å². The second-order valence-electron chi connectivity index (χ2n) is 6.39. The average Bonchev–Trinajstić information content (AvgIpc) is 3.28. The van der Waals surface area contributed by atoms with Crippen molar-refractivity contribution in [1.29, 1.82) is 5.26 Å². The summed E-state index contributed by atoms with van der Waals surface area (Å²) in [5, 5.41) is 13.7. The maximum absolute atomic E-state index is 12.3. The number of carbonyl (C=O) groups is 1. The van der Waals surface area contributed by atoms with Gasteiger partial charge in [0.25, 0.3) is 0 Å². The molecule has 2 aliphatic carbocycles. The van der Waals surface area contributed by atoms with Crippen LogP contribution in [0.3, 0.4) is 0 Å². The number of carbonyl (C=O) groups excluding carboxylic acids is 1. The summed E-state index contributed by atoms with van der Waals surface area (Å²) in [5.41, 5.74) is 5.10. The number of thiazole rings is 1. The van der Waals surface area contributed by atoms with Crippen LogP contribution in [0, 0.1) is 18.3 Å². The number of thioether (sulfide) groups is 1. The van der Waals surface area contributed by atoms with Gasteiger partial charge in [0.15, 0.2) is 5.13 Å². The van der Waals surface area contributed by atoms with Crippen molar-refractivity contribution in [3.05, 3.63) is 33.0 Å². The number of pyridine rings is 1. The highest BCUT2D eigenvalue weighted by atomic mass is 32.2. The fraction of sp³-hybridized carbons (Fsp3) is 0.444. The van der Waals surface area contributed by atoms with E-state index in [1.54, 1.807) is 11.3 Å². The summed E-state index contributed by atoms with van der Waals surface area (Å²) in [6, 6.07) is 2.27. The lowest BCUT2D eigenvalue weighted by Crippen LogP contribution is -2.14. The van der Waals surface area contributed by atoms with Crippen molar-refractivity contribution in [2.24, 2.45) is 0 Å². The van der Waals surface area contributed by atoms with Crippen molar-refractivity contribution in [3.63, 3.8) is 0 Å². The van der Waals surface area contributed by atoms with E-state index in [1.165, 1.54) is 28.6 Å². The molecule has 1 N–H and O–H groups in total. The minimum absolute atomic E-state index is 0.0961. The summed E-state index contributed by atoms with van der Waals surface area (Å²) in [6.45, 7) is 1.99. The summed E-state index contributed by atoms with van der Waals surface area (Å²) in [6.07, 6.45) is 6.31. The van der Waals surface area contributed by atoms with Gasteiger partial charge >= 0.3 is 0 Å². The minimum Gasteiger partial charge on any atom is -0.301 e. The molecular formula is C18H18N4OS2. The van der Waals surface area contributed by atoms with Crippen molar-refractivity contribution in [2.75, 3.05) is 11.1 Å². The number of amides is 1. The molecule has 0 atom stereocenters. The molecule has 0 bridgehead atoms. The van der Waals surface area contributed by atoms with Crippen LogP contribution in [0.4, 0.5) is 5.13 Å². The number of hydrogen-bond acceptors (Lipinski definition) is 6. The van der Waals surface area contributed by atoms with Crippen LogP contribution in [0.2, 0.25) is 0 Å². The Balaban J connectivity index is 1.45. The molecule has 2 aliphatic rings. The highest BCUT2D eigenvalue weighted by Crippen LogP contribution is 2.32. The van der Waals surface area contributed by atoms with Gasteiger partial charge in [-0.2, -0.15) is 5.26 Å². The average molecular weight is 371 g/mol. The van der Waals surface area contributed by atoms with E-state index in [0.717, 1.165) is 49.1 Å². The Morgan fingerprint density at radius 1 is 1.24 bits per heavy atom. The van der Waals surface area contributed by atoms with Crippen LogP contribution in [-0.2, 0) is 30.5 Å². The van der Waals surface area contributed by atoms with E-state index < -0.39 is 0 Å². The number of nitriles is 1. The lowest BCUT2D eigenvalue weighted by molar-refractivity contribution is -0.113. The van der Waals surface area contributed by atoms with E-state index in [9.17, 15) is 10.1 Å².